The molecule has 6 nitrogen and oxygen atoms in total. The highest BCUT2D eigenvalue weighted by molar-refractivity contribution is 7.92. The van der Waals surface area contributed by atoms with Crippen molar-refractivity contribution in [1.82, 2.24) is 0 Å². The Morgan fingerprint density at radius 2 is 1.77 bits per heavy atom. The molecule has 0 saturated carbocycles. The van der Waals surface area contributed by atoms with E-state index in [0.29, 0.717) is 11.3 Å². The molecule has 2 aromatic rings. The Morgan fingerprint density at radius 1 is 1.04 bits per heavy atom. The average Bonchev–Trinajstić information content (AvgIpc) is 2.89. The lowest BCUT2D eigenvalue weighted by molar-refractivity contribution is -0.117. The number of hydrogen-bond acceptors (Lipinski definition) is 4. The number of anilines is 2. The lowest BCUT2D eigenvalue weighted by atomic mass is 10.0. The zero-order valence-electron chi connectivity index (χ0n) is 13.9. The Bertz CT molecular complexity index is 1060. The number of amides is 1. The van der Waals surface area contributed by atoms with Gasteiger partial charge in [-0.05, 0) is 42.0 Å². The number of ketones is 1. The van der Waals surface area contributed by atoms with Crippen LogP contribution in [-0.2, 0) is 21.2 Å². The smallest absolute Gasteiger partial charge is 0.264 e. The van der Waals surface area contributed by atoms with Crippen LogP contribution in [0.25, 0.3) is 0 Å². The maximum atomic E-state index is 13.5. The second-order valence-corrected chi connectivity index (χ2v) is 8.19. The van der Waals surface area contributed by atoms with Gasteiger partial charge in [0, 0.05) is 31.3 Å². The molecule has 0 aromatic heterocycles. The standard InChI is InChI=1S/C18H15FN2O4S/c1-20-15-5-3-13(8-11(15)9-18(20)23)26(24,25)21-7-6-17(22)14-10-12(19)2-4-16(14)21/h2-5,8,10H,6-7,9H2,1H3. The molecule has 1 amide bonds. The minimum absolute atomic E-state index is 0.00425. The molecule has 0 radical (unpaired) electrons. The molecule has 2 heterocycles. The third-order valence-electron chi connectivity index (χ3n) is 4.79. The van der Waals surface area contributed by atoms with Crippen LogP contribution in [0.15, 0.2) is 41.3 Å². The highest BCUT2D eigenvalue weighted by Gasteiger charge is 2.34. The van der Waals surface area contributed by atoms with Gasteiger partial charge in [-0.15, -0.1) is 0 Å². The van der Waals surface area contributed by atoms with Crippen LogP contribution in [0.5, 0.6) is 0 Å². The molecule has 0 unspecified atom stereocenters. The van der Waals surface area contributed by atoms with Crippen LogP contribution in [0, 0.1) is 5.82 Å². The number of rotatable bonds is 2. The van der Waals surface area contributed by atoms with Gasteiger partial charge in [-0.1, -0.05) is 0 Å². The first-order valence-corrected chi connectivity index (χ1v) is 9.48. The zero-order valence-corrected chi connectivity index (χ0v) is 14.7. The van der Waals surface area contributed by atoms with Crippen molar-refractivity contribution in [2.24, 2.45) is 0 Å². The Kier molecular flexibility index (Phi) is 3.62. The van der Waals surface area contributed by atoms with Crippen LogP contribution in [0.1, 0.15) is 22.3 Å². The van der Waals surface area contributed by atoms with E-state index in [9.17, 15) is 22.4 Å². The summed E-state index contributed by atoms with van der Waals surface area (Å²) in [4.78, 5) is 25.4. The highest BCUT2D eigenvalue weighted by atomic mass is 32.2. The molecule has 26 heavy (non-hydrogen) atoms. The number of nitrogens with zero attached hydrogens (tertiary/aromatic N) is 2. The summed E-state index contributed by atoms with van der Waals surface area (Å²) in [6.45, 7) is -0.00425. The molecule has 0 saturated heterocycles. The normalized spacial score (nSPS) is 16.7. The Labute approximate surface area is 149 Å². The van der Waals surface area contributed by atoms with Gasteiger partial charge in [0.25, 0.3) is 10.0 Å². The minimum atomic E-state index is -3.94. The van der Waals surface area contributed by atoms with Crippen molar-refractivity contribution in [2.75, 3.05) is 22.8 Å². The predicted molar refractivity (Wildman–Crippen MR) is 93.4 cm³/mol. The molecule has 0 spiro atoms. The first-order valence-electron chi connectivity index (χ1n) is 8.04. The Hall–Kier alpha value is -2.74. The number of fused-ring (bicyclic) bond motifs is 2. The number of likely N-dealkylation sites (N-methyl/N-ethyl adjacent to an activating group) is 1. The van der Waals surface area contributed by atoms with E-state index in [0.717, 1.165) is 16.4 Å². The number of Topliss-reactive ketones (excluding diaryl/α,β-unsaturated/α-hetero) is 1. The number of carbonyl (C=O) groups is 2. The first-order chi connectivity index (χ1) is 12.3. The molecule has 0 fully saturated rings. The predicted octanol–water partition coefficient (Wildman–Crippen LogP) is 2.13. The van der Waals surface area contributed by atoms with Crippen LogP contribution in [-0.4, -0.2) is 33.7 Å². The summed E-state index contributed by atoms with van der Waals surface area (Å²) >= 11 is 0. The van der Waals surface area contributed by atoms with E-state index in [1.165, 1.54) is 23.1 Å². The third-order valence-corrected chi connectivity index (χ3v) is 6.59. The Morgan fingerprint density at radius 3 is 2.54 bits per heavy atom. The van der Waals surface area contributed by atoms with E-state index >= 15 is 0 Å². The lowest BCUT2D eigenvalue weighted by Gasteiger charge is -2.29. The van der Waals surface area contributed by atoms with Gasteiger partial charge in [-0.25, -0.2) is 12.8 Å². The van der Waals surface area contributed by atoms with E-state index in [1.807, 2.05) is 0 Å². The van der Waals surface area contributed by atoms with Crippen LogP contribution < -0.4 is 9.21 Å². The monoisotopic (exact) mass is 374 g/mol. The van der Waals surface area contributed by atoms with Crippen LogP contribution >= 0.6 is 0 Å². The maximum absolute atomic E-state index is 13.5. The fourth-order valence-electron chi connectivity index (χ4n) is 3.39. The van der Waals surface area contributed by atoms with Crippen LogP contribution in [0.3, 0.4) is 0 Å². The van der Waals surface area contributed by atoms with Gasteiger partial charge in [-0.2, -0.15) is 0 Å². The SMILES string of the molecule is CN1C(=O)Cc2cc(S(=O)(=O)N3CCC(=O)c4cc(F)ccc43)ccc21. The molecule has 0 aliphatic carbocycles. The van der Waals surface area contributed by atoms with Crippen molar-refractivity contribution >= 4 is 33.1 Å². The summed E-state index contributed by atoms with van der Waals surface area (Å²) in [7, 11) is -2.30. The van der Waals surface area contributed by atoms with Gasteiger partial charge in [0.2, 0.25) is 5.91 Å². The molecular weight excluding hydrogens is 359 g/mol. The van der Waals surface area contributed by atoms with Crippen LogP contribution in [0.4, 0.5) is 15.8 Å². The number of carbonyl (C=O) groups excluding carboxylic acids is 2. The van der Waals surface area contributed by atoms with Crippen molar-refractivity contribution in [3.63, 3.8) is 0 Å². The van der Waals surface area contributed by atoms with Crippen molar-refractivity contribution in [3.05, 3.63) is 53.3 Å². The van der Waals surface area contributed by atoms with E-state index in [4.69, 9.17) is 0 Å². The molecule has 8 heteroatoms. The molecule has 2 aromatic carbocycles. The van der Waals surface area contributed by atoms with Gasteiger partial charge in [0.05, 0.1) is 17.0 Å². The summed E-state index contributed by atoms with van der Waals surface area (Å²) in [5.41, 5.74) is 1.57. The van der Waals surface area contributed by atoms with Crippen LogP contribution in [0.2, 0.25) is 0 Å². The summed E-state index contributed by atoms with van der Waals surface area (Å²) in [5, 5.41) is 0. The second kappa shape index (κ2) is 5.63. The van der Waals surface area contributed by atoms with Crippen molar-refractivity contribution in [1.29, 1.82) is 0 Å². The fraction of sp³-hybridized carbons (Fsp3) is 0.222. The molecule has 2 aliphatic rings. The molecular formula is C18H15FN2O4S. The summed E-state index contributed by atoms with van der Waals surface area (Å²) < 4.78 is 40.9. The topological polar surface area (TPSA) is 74.8 Å². The van der Waals surface area contributed by atoms with Crippen molar-refractivity contribution in [2.45, 2.75) is 17.7 Å². The van der Waals surface area contributed by atoms with E-state index in [2.05, 4.69) is 0 Å². The van der Waals surface area contributed by atoms with E-state index in [1.54, 1.807) is 13.1 Å². The highest BCUT2D eigenvalue weighted by Crippen LogP contribution is 2.35. The summed E-state index contributed by atoms with van der Waals surface area (Å²) in [6.07, 6.45) is 0.136. The third kappa shape index (κ3) is 2.40. The van der Waals surface area contributed by atoms with Crippen molar-refractivity contribution < 1.29 is 22.4 Å². The number of halogens is 1. The Balaban J connectivity index is 1.80. The molecule has 4 rings (SSSR count). The van der Waals surface area contributed by atoms with E-state index < -0.39 is 15.8 Å². The van der Waals surface area contributed by atoms with Gasteiger partial charge < -0.3 is 4.90 Å². The van der Waals surface area contributed by atoms with Gasteiger partial charge in [0.15, 0.2) is 5.78 Å². The van der Waals surface area contributed by atoms with Gasteiger partial charge in [-0.3, -0.25) is 13.9 Å². The number of hydrogen-bond donors (Lipinski definition) is 0. The van der Waals surface area contributed by atoms with Crippen molar-refractivity contribution in [3.8, 4) is 0 Å². The fourth-order valence-corrected chi connectivity index (χ4v) is 4.93. The van der Waals surface area contributed by atoms with E-state index in [-0.39, 0.29) is 47.2 Å². The van der Waals surface area contributed by atoms with Gasteiger partial charge in [0.1, 0.15) is 5.82 Å². The maximum Gasteiger partial charge on any atom is 0.264 e. The second-order valence-electron chi connectivity index (χ2n) is 6.33. The van der Waals surface area contributed by atoms with Gasteiger partial charge >= 0.3 is 0 Å². The average molecular weight is 374 g/mol. The molecule has 134 valence electrons. The molecule has 0 N–H and O–H groups in total. The number of benzene rings is 2. The minimum Gasteiger partial charge on any atom is -0.315 e. The molecule has 0 bridgehead atoms. The molecule has 2 aliphatic heterocycles. The lowest BCUT2D eigenvalue weighted by Crippen LogP contribution is -2.37. The largest absolute Gasteiger partial charge is 0.315 e. The quantitative estimate of drug-likeness (QED) is 0.807. The summed E-state index contributed by atoms with van der Waals surface area (Å²) in [6, 6.07) is 8.05. The first kappa shape index (κ1) is 16.7. The molecule has 0 atom stereocenters. The zero-order chi connectivity index (χ0) is 18.6. The summed E-state index contributed by atoms with van der Waals surface area (Å²) in [5.74, 6) is -0.971. The number of sulfonamides is 1.